The van der Waals surface area contributed by atoms with Crippen LogP contribution in [0.15, 0.2) is 40.8 Å². The third-order valence-corrected chi connectivity index (χ3v) is 4.93. The molecule has 0 aliphatic carbocycles. The summed E-state index contributed by atoms with van der Waals surface area (Å²) in [7, 11) is 0. The highest BCUT2D eigenvalue weighted by Crippen LogP contribution is 2.34. The summed E-state index contributed by atoms with van der Waals surface area (Å²) in [5.74, 6) is -0.417. The van der Waals surface area contributed by atoms with Gasteiger partial charge in [-0.15, -0.1) is 10.2 Å². The number of benzene rings is 2. The Hall–Kier alpha value is -2.75. The molecule has 0 aliphatic rings. The third-order valence-electron chi connectivity index (χ3n) is 4.45. The minimum absolute atomic E-state index is 0.188. The molecular weight excluding hydrogens is 369 g/mol. The van der Waals surface area contributed by atoms with E-state index in [9.17, 15) is 9.50 Å². The quantitative estimate of drug-likeness (QED) is 0.621. The Bertz CT molecular complexity index is 1010. The second-order valence-corrected chi connectivity index (χ2v) is 6.68. The van der Waals surface area contributed by atoms with E-state index < -0.39 is 17.8 Å². The molecule has 7 heteroatoms. The Morgan fingerprint density at radius 2 is 2.07 bits per heavy atom. The second-order valence-electron chi connectivity index (χ2n) is 6.30. The smallest absolute Gasteiger partial charge is 0.247 e. The molecule has 0 fully saturated rings. The number of halogens is 2. The van der Waals surface area contributed by atoms with Gasteiger partial charge in [-0.3, -0.25) is 0 Å². The van der Waals surface area contributed by atoms with Gasteiger partial charge in [-0.1, -0.05) is 29.8 Å². The summed E-state index contributed by atoms with van der Waals surface area (Å²) in [5.41, 5.74) is 2.51. The molecule has 5 nitrogen and oxygen atoms in total. The van der Waals surface area contributed by atoms with Crippen molar-refractivity contribution >= 4 is 17.3 Å². The lowest BCUT2D eigenvalue weighted by Gasteiger charge is -2.18. The molecule has 1 aromatic heterocycles. The lowest BCUT2D eigenvalue weighted by molar-refractivity contribution is 0.148. The summed E-state index contributed by atoms with van der Waals surface area (Å²) < 4.78 is 19.1. The maximum atomic E-state index is 13.4. The van der Waals surface area contributed by atoms with Gasteiger partial charge < -0.3 is 9.52 Å². The molecule has 3 aromatic rings. The van der Waals surface area contributed by atoms with Crippen molar-refractivity contribution < 1.29 is 13.9 Å². The van der Waals surface area contributed by atoms with E-state index in [2.05, 4.69) is 15.0 Å². The van der Waals surface area contributed by atoms with Crippen molar-refractivity contribution in [2.45, 2.75) is 32.3 Å². The highest BCUT2D eigenvalue weighted by molar-refractivity contribution is 6.34. The van der Waals surface area contributed by atoms with Crippen LogP contribution in [0.4, 0.5) is 10.1 Å². The van der Waals surface area contributed by atoms with E-state index >= 15 is 0 Å². The standard InChI is InChI=1S/C20H17ClFN3O2/c1-11-13(7-8-17(23-3)18(11)21)10-16(12(2)26)20-25-24-19(27-20)14-5-4-6-15(22)9-14/h4-9,12,16,26H,10H2,1-2H3/t12?,16-/m1/s1. The first-order valence-corrected chi connectivity index (χ1v) is 8.71. The van der Waals surface area contributed by atoms with E-state index in [4.69, 9.17) is 22.6 Å². The Labute approximate surface area is 161 Å². The molecule has 0 amide bonds. The van der Waals surface area contributed by atoms with Crippen molar-refractivity contribution in [3.63, 3.8) is 0 Å². The van der Waals surface area contributed by atoms with Crippen LogP contribution in [0.25, 0.3) is 16.3 Å². The molecule has 138 valence electrons. The zero-order chi connectivity index (χ0) is 19.6. The SMILES string of the molecule is [C-]#[N+]c1ccc(C[C@@H](c2nnc(-c3cccc(F)c3)o2)C(C)O)c(C)c1Cl. The van der Waals surface area contributed by atoms with E-state index in [1.807, 2.05) is 13.0 Å². The average molecular weight is 386 g/mol. The van der Waals surface area contributed by atoms with Crippen molar-refractivity contribution in [3.05, 3.63) is 75.7 Å². The van der Waals surface area contributed by atoms with E-state index in [0.717, 1.165) is 11.1 Å². The average Bonchev–Trinajstić information content (AvgIpc) is 3.12. The lowest BCUT2D eigenvalue weighted by atomic mass is 9.92. The molecule has 0 bridgehead atoms. The van der Waals surface area contributed by atoms with Crippen molar-refractivity contribution in [1.29, 1.82) is 0 Å². The van der Waals surface area contributed by atoms with Crippen molar-refractivity contribution in [1.82, 2.24) is 10.2 Å². The molecule has 2 aromatic carbocycles. The fourth-order valence-electron chi connectivity index (χ4n) is 2.84. The van der Waals surface area contributed by atoms with Crippen LogP contribution >= 0.6 is 11.6 Å². The van der Waals surface area contributed by atoms with Gasteiger partial charge in [0.1, 0.15) is 5.82 Å². The monoisotopic (exact) mass is 385 g/mol. The van der Waals surface area contributed by atoms with Crippen LogP contribution in [0.2, 0.25) is 5.02 Å². The molecular formula is C20H17ClFN3O2. The summed E-state index contributed by atoms with van der Waals surface area (Å²) in [4.78, 5) is 3.39. The van der Waals surface area contributed by atoms with E-state index in [1.54, 1.807) is 25.1 Å². The first-order chi connectivity index (χ1) is 12.9. The zero-order valence-corrected chi connectivity index (χ0v) is 15.5. The second kappa shape index (κ2) is 7.87. The number of hydrogen-bond acceptors (Lipinski definition) is 4. The van der Waals surface area contributed by atoms with Gasteiger partial charge in [-0.05, 0) is 49.6 Å². The van der Waals surface area contributed by atoms with Crippen LogP contribution in [-0.4, -0.2) is 21.4 Å². The third kappa shape index (κ3) is 4.00. The summed E-state index contributed by atoms with van der Waals surface area (Å²) >= 11 is 6.24. The maximum Gasteiger partial charge on any atom is 0.247 e. The molecule has 3 rings (SSSR count). The number of aromatic nitrogens is 2. The van der Waals surface area contributed by atoms with Gasteiger partial charge in [0.05, 0.1) is 23.6 Å². The van der Waals surface area contributed by atoms with Gasteiger partial charge in [0.15, 0.2) is 0 Å². The number of nitrogens with zero attached hydrogens (tertiary/aromatic N) is 3. The van der Waals surface area contributed by atoms with Gasteiger partial charge in [-0.25, -0.2) is 9.24 Å². The Kier molecular flexibility index (Phi) is 5.54. The van der Waals surface area contributed by atoms with E-state index in [0.29, 0.717) is 22.7 Å². The molecule has 0 spiro atoms. The number of aliphatic hydroxyl groups is 1. The number of rotatable bonds is 5. The molecule has 1 unspecified atom stereocenters. The minimum Gasteiger partial charge on any atom is -0.420 e. The highest BCUT2D eigenvalue weighted by atomic mass is 35.5. The predicted octanol–water partition coefficient (Wildman–Crippen LogP) is 5.10. The summed E-state index contributed by atoms with van der Waals surface area (Å²) in [5, 5.41) is 18.7. The molecule has 0 radical (unpaired) electrons. The van der Waals surface area contributed by atoms with Crippen LogP contribution < -0.4 is 0 Å². The molecule has 1 heterocycles. The van der Waals surface area contributed by atoms with E-state index in [-0.39, 0.29) is 11.8 Å². The van der Waals surface area contributed by atoms with Crippen LogP contribution in [0.5, 0.6) is 0 Å². The van der Waals surface area contributed by atoms with Crippen molar-refractivity contribution in [2.24, 2.45) is 0 Å². The van der Waals surface area contributed by atoms with Crippen molar-refractivity contribution in [2.75, 3.05) is 0 Å². The van der Waals surface area contributed by atoms with E-state index in [1.165, 1.54) is 12.1 Å². The van der Waals surface area contributed by atoms with Gasteiger partial charge >= 0.3 is 0 Å². The van der Waals surface area contributed by atoms with Gasteiger partial charge in [-0.2, -0.15) is 0 Å². The molecule has 2 atom stereocenters. The van der Waals surface area contributed by atoms with Crippen LogP contribution in [0, 0.1) is 19.3 Å². The normalized spacial score (nSPS) is 13.2. The minimum atomic E-state index is -0.760. The van der Waals surface area contributed by atoms with Crippen LogP contribution in [-0.2, 0) is 6.42 Å². The first-order valence-electron chi connectivity index (χ1n) is 8.33. The zero-order valence-electron chi connectivity index (χ0n) is 14.8. The fourth-order valence-corrected chi connectivity index (χ4v) is 3.07. The van der Waals surface area contributed by atoms with Crippen molar-refractivity contribution in [3.8, 4) is 11.5 Å². The van der Waals surface area contributed by atoms with Crippen LogP contribution in [0.1, 0.15) is 29.9 Å². The maximum absolute atomic E-state index is 13.4. The summed E-state index contributed by atoms with van der Waals surface area (Å²) in [6.07, 6.45) is -0.351. The fraction of sp³-hybridized carbons (Fsp3) is 0.250. The topological polar surface area (TPSA) is 63.5 Å². The summed E-state index contributed by atoms with van der Waals surface area (Å²) in [6.45, 7) is 10.6. The Balaban J connectivity index is 1.92. The first kappa shape index (κ1) is 19.0. The molecule has 1 N–H and O–H groups in total. The number of aliphatic hydroxyl groups excluding tert-OH is 1. The van der Waals surface area contributed by atoms with Gasteiger partial charge in [0.2, 0.25) is 17.5 Å². The molecule has 0 aliphatic heterocycles. The highest BCUT2D eigenvalue weighted by Gasteiger charge is 2.26. The van der Waals surface area contributed by atoms with Gasteiger partial charge in [0.25, 0.3) is 0 Å². The Morgan fingerprint density at radius 1 is 1.30 bits per heavy atom. The molecule has 0 saturated heterocycles. The number of hydrogen-bond donors (Lipinski definition) is 1. The lowest BCUT2D eigenvalue weighted by Crippen LogP contribution is -2.18. The van der Waals surface area contributed by atoms with Crippen LogP contribution in [0.3, 0.4) is 0 Å². The summed E-state index contributed by atoms with van der Waals surface area (Å²) in [6, 6.07) is 9.34. The van der Waals surface area contributed by atoms with Gasteiger partial charge in [0, 0.05) is 5.56 Å². The Morgan fingerprint density at radius 3 is 2.74 bits per heavy atom. The molecule has 27 heavy (non-hydrogen) atoms. The predicted molar refractivity (Wildman–Crippen MR) is 100 cm³/mol. The largest absolute Gasteiger partial charge is 0.420 e. The molecule has 0 saturated carbocycles.